The number of primary amides is 1. The molecule has 94 valence electrons. The molecule has 0 spiro atoms. The number of amides is 1. The van der Waals surface area contributed by atoms with E-state index in [9.17, 15) is 9.18 Å². The highest BCUT2D eigenvalue weighted by Crippen LogP contribution is 2.28. The molecule has 0 bridgehead atoms. The first kappa shape index (κ1) is 13.9. The number of rotatable bonds is 2. The number of carbonyl (C=O) groups is 1. The summed E-state index contributed by atoms with van der Waals surface area (Å²) >= 11 is 0. The number of hydrogen-bond acceptors (Lipinski definition) is 2. The highest BCUT2D eigenvalue weighted by molar-refractivity contribution is 5.93. The van der Waals surface area contributed by atoms with Gasteiger partial charge in [0.25, 0.3) is 5.91 Å². The monoisotopic (exact) mass is 258 g/mol. The van der Waals surface area contributed by atoms with Gasteiger partial charge in [0, 0.05) is 0 Å². The van der Waals surface area contributed by atoms with E-state index >= 15 is 0 Å². The maximum absolute atomic E-state index is 14.0. The number of carbonyl (C=O) groups excluding carboxylic acids is 1. The van der Waals surface area contributed by atoms with Crippen LogP contribution in [-0.4, -0.2) is 19.0 Å². The first-order chi connectivity index (χ1) is 7.70. The zero-order valence-corrected chi connectivity index (χ0v) is 10.2. The SMILES string of the molecule is Cl.NC(=O)c1cccc(C2CCNCC2)c1F. The molecule has 1 aromatic carbocycles. The van der Waals surface area contributed by atoms with Crippen LogP contribution < -0.4 is 11.1 Å². The average Bonchev–Trinajstić information content (AvgIpc) is 2.30. The molecule has 1 heterocycles. The van der Waals surface area contributed by atoms with Gasteiger partial charge in [0.1, 0.15) is 5.82 Å². The van der Waals surface area contributed by atoms with Crippen LogP contribution in [0.4, 0.5) is 4.39 Å². The summed E-state index contributed by atoms with van der Waals surface area (Å²) in [5, 5.41) is 3.23. The van der Waals surface area contributed by atoms with Crippen molar-refractivity contribution in [2.24, 2.45) is 5.73 Å². The maximum Gasteiger partial charge on any atom is 0.251 e. The fourth-order valence-electron chi connectivity index (χ4n) is 2.19. The lowest BCUT2D eigenvalue weighted by atomic mass is 9.89. The zero-order chi connectivity index (χ0) is 11.5. The molecule has 3 nitrogen and oxygen atoms in total. The minimum atomic E-state index is -0.701. The van der Waals surface area contributed by atoms with E-state index in [1.807, 2.05) is 0 Å². The van der Waals surface area contributed by atoms with Crippen LogP contribution >= 0.6 is 12.4 Å². The first-order valence-corrected chi connectivity index (χ1v) is 5.49. The lowest BCUT2D eigenvalue weighted by Crippen LogP contribution is -2.27. The molecule has 0 saturated carbocycles. The third-order valence-electron chi connectivity index (χ3n) is 3.07. The van der Waals surface area contributed by atoms with Crippen molar-refractivity contribution < 1.29 is 9.18 Å². The fourth-order valence-corrected chi connectivity index (χ4v) is 2.19. The first-order valence-electron chi connectivity index (χ1n) is 5.49. The molecule has 0 unspecified atom stereocenters. The van der Waals surface area contributed by atoms with Crippen LogP contribution in [0.5, 0.6) is 0 Å². The van der Waals surface area contributed by atoms with Crippen molar-refractivity contribution in [2.45, 2.75) is 18.8 Å². The van der Waals surface area contributed by atoms with Gasteiger partial charge in [-0.1, -0.05) is 12.1 Å². The molecule has 0 atom stereocenters. The van der Waals surface area contributed by atoms with Crippen molar-refractivity contribution in [3.8, 4) is 0 Å². The highest BCUT2D eigenvalue weighted by Gasteiger charge is 2.21. The van der Waals surface area contributed by atoms with Crippen molar-refractivity contribution in [1.82, 2.24) is 5.32 Å². The predicted molar refractivity (Wildman–Crippen MR) is 67.0 cm³/mol. The van der Waals surface area contributed by atoms with E-state index in [1.54, 1.807) is 12.1 Å². The summed E-state index contributed by atoms with van der Waals surface area (Å²) in [4.78, 5) is 11.0. The molecule has 0 aliphatic carbocycles. The van der Waals surface area contributed by atoms with Gasteiger partial charge in [-0.15, -0.1) is 12.4 Å². The van der Waals surface area contributed by atoms with Crippen molar-refractivity contribution in [1.29, 1.82) is 0 Å². The zero-order valence-electron chi connectivity index (χ0n) is 9.41. The summed E-state index contributed by atoms with van der Waals surface area (Å²) < 4.78 is 14.0. The second-order valence-electron chi connectivity index (χ2n) is 4.10. The summed E-state index contributed by atoms with van der Waals surface area (Å²) in [7, 11) is 0. The quantitative estimate of drug-likeness (QED) is 0.850. The predicted octanol–water partition coefficient (Wildman–Crippen LogP) is 1.81. The fraction of sp³-hybridized carbons (Fsp3) is 0.417. The molecular formula is C12H16ClFN2O. The number of benzene rings is 1. The van der Waals surface area contributed by atoms with Crippen LogP contribution in [0.3, 0.4) is 0 Å². The molecule has 2 rings (SSSR count). The minimum Gasteiger partial charge on any atom is -0.366 e. The summed E-state index contributed by atoms with van der Waals surface area (Å²) in [6.45, 7) is 1.79. The van der Waals surface area contributed by atoms with Gasteiger partial charge in [-0.05, 0) is 43.5 Å². The molecule has 1 saturated heterocycles. The highest BCUT2D eigenvalue weighted by atomic mass is 35.5. The maximum atomic E-state index is 14.0. The number of halogens is 2. The average molecular weight is 259 g/mol. The van der Waals surface area contributed by atoms with Crippen LogP contribution in [-0.2, 0) is 0 Å². The molecule has 5 heteroatoms. The van der Waals surface area contributed by atoms with Crippen LogP contribution in [0.1, 0.15) is 34.7 Å². The summed E-state index contributed by atoms with van der Waals surface area (Å²) in [6.07, 6.45) is 1.80. The van der Waals surface area contributed by atoms with Crippen LogP contribution in [0.25, 0.3) is 0 Å². The Labute approximate surface area is 106 Å². The van der Waals surface area contributed by atoms with E-state index in [4.69, 9.17) is 5.73 Å². The van der Waals surface area contributed by atoms with Crippen LogP contribution in [0.2, 0.25) is 0 Å². The Morgan fingerprint density at radius 1 is 1.35 bits per heavy atom. The van der Waals surface area contributed by atoms with E-state index in [2.05, 4.69) is 5.32 Å². The van der Waals surface area contributed by atoms with Gasteiger partial charge >= 0.3 is 0 Å². The number of nitrogens with one attached hydrogen (secondary N) is 1. The van der Waals surface area contributed by atoms with Gasteiger partial charge in [0.15, 0.2) is 0 Å². The minimum absolute atomic E-state index is 0. The summed E-state index contributed by atoms with van der Waals surface area (Å²) in [5.41, 5.74) is 5.74. The van der Waals surface area contributed by atoms with Crippen molar-refractivity contribution >= 4 is 18.3 Å². The van der Waals surface area contributed by atoms with Gasteiger partial charge in [0.2, 0.25) is 0 Å². The second kappa shape index (κ2) is 5.98. The van der Waals surface area contributed by atoms with Gasteiger partial charge in [-0.25, -0.2) is 4.39 Å². The Bertz CT molecular complexity index is 405. The normalized spacial score (nSPS) is 16.3. The second-order valence-corrected chi connectivity index (χ2v) is 4.10. The van der Waals surface area contributed by atoms with E-state index in [1.165, 1.54) is 6.07 Å². The van der Waals surface area contributed by atoms with Gasteiger partial charge < -0.3 is 11.1 Å². The molecule has 17 heavy (non-hydrogen) atoms. The molecule has 1 aromatic rings. The van der Waals surface area contributed by atoms with Crippen molar-refractivity contribution in [3.05, 3.63) is 35.1 Å². The molecule has 1 aliphatic rings. The third-order valence-corrected chi connectivity index (χ3v) is 3.07. The Balaban J connectivity index is 0.00000144. The van der Waals surface area contributed by atoms with Gasteiger partial charge in [-0.2, -0.15) is 0 Å². The van der Waals surface area contributed by atoms with E-state index in [-0.39, 0.29) is 23.9 Å². The lowest BCUT2D eigenvalue weighted by Gasteiger charge is -2.23. The number of piperidine rings is 1. The number of hydrogen-bond donors (Lipinski definition) is 2. The van der Waals surface area contributed by atoms with Gasteiger partial charge in [0.05, 0.1) is 5.56 Å². The van der Waals surface area contributed by atoms with E-state index in [0.717, 1.165) is 25.9 Å². The largest absolute Gasteiger partial charge is 0.366 e. The van der Waals surface area contributed by atoms with E-state index in [0.29, 0.717) is 5.56 Å². The topological polar surface area (TPSA) is 55.1 Å². The molecule has 3 N–H and O–H groups in total. The molecule has 0 aromatic heterocycles. The molecule has 0 radical (unpaired) electrons. The Kier molecular flexibility index (Phi) is 4.90. The molecule has 1 amide bonds. The Morgan fingerprint density at radius 3 is 2.59 bits per heavy atom. The summed E-state index contributed by atoms with van der Waals surface area (Å²) in [5.74, 6) is -0.948. The Hall–Kier alpha value is -1.13. The van der Waals surface area contributed by atoms with Crippen LogP contribution in [0, 0.1) is 5.82 Å². The smallest absolute Gasteiger partial charge is 0.251 e. The standard InChI is InChI=1S/C12H15FN2O.ClH/c13-11-9(8-4-6-15-7-5-8)2-1-3-10(11)12(14)16;/h1-3,8,15H,4-7H2,(H2,14,16);1H. The lowest BCUT2D eigenvalue weighted by molar-refractivity contribution is 0.0996. The summed E-state index contributed by atoms with van der Waals surface area (Å²) in [6, 6.07) is 4.88. The van der Waals surface area contributed by atoms with Crippen LogP contribution in [0.15, 0.2) is 18.2 Å². The van der Waals surface area contributed by atoms with E-state index < -0.39 is 11.7 Å². The molecule has 1 aliphatic heterocycles. The van der Waals surface area contributed by atoms with Crippen molar-refractivity contribution in [2.75, 3.05) is 13.1 Å². The molecule has 1 fully saturated rings. The Morgan fingerprint density at radius 2 is 2.00 bits per heavy atom. The third kappa shape index (κ3) is 2.96. The number of nitrogens with two attached hydrogens (primary N) is 1. The molecular weight excluding hydrogens is 243 g/mol. The van der Waals surface area contributed by atoms with Gasteiger partial charge in [-0.3, -0.25) is 4.79 Å². The van der Waals surface area contributed by atoms with Crippen molar-refractivity contribution in [3.63, 3.8) is 0 Å².